The summed E-state index contributed by atoms with van der Waals surface area (Å²) in [4.78, 5) is 2.40. The van der Waals surface area contributed by atoms with E-state index in [-0.39, 0.29) is 0 Å². The maximum Gasteiger partial charge on any atom is 0.0714 e. The standard InChI is InChI=1S/C73H50N2.C4H6/c1-5-22-51(23-6-1)53-26-19-33-59(46-53)74(60-34-20-27-54(47-60)52-24-7-2-8-25-52)61-35-21-28-55(48-61)63-36-13-14-37-64(63)56-42-44-68-67-39-16-18-41-71(67)75(72(68)49-56)62-43-45-66-65-38-15-17-40-69(65)73(70(66)50-62,57-29-9-3-10-30-57)58-31-11-4-12-32-58;1-3-4-2/h1-50H;3-4H,1-2H2. The third-order valence-corrected chi connectivity index (χ3v) is 15.6. The lowest BCUT2D eigenvalue weighted by molar-refractivity contribution is 0.767. The molecule has 2 heteroatoms. The number of rotatable bonds is 11. The van der Waals surface area contributed by atoms with E-state index in [1.165, 1.54) is 88.6 Å². The van der Waals surface area contributed by atoms with Gasteiger partial charge < -0.3 is 9.47 Å². The maximum atomic E-state index is 3.36. The van der Waals surface area contributed by atoms with E-state index in [1.54, 1.807) is 12.2 Å². The van der Waals surface area contributed by atoms with Gasteiger partial charge in [0.15, 0.2) is 0 Å². The highest BCUT2D eigenvalue weighted by atomic mass is 15.1. The lowest BCUT2D eigenvalue weighted by Gasteiger charge is -2.34. The van der Waals surface area contributed by atoms with Crippen LogP contribution in [0.3, 0.4) is 0 Å². The smallest absolute Gasteiger partial charge is 0.0714 e. The fourth-order valence-corrected chi connectivity index (χ4v) is 12.1. The second-order valence-electron chi connectivity index (χ2n) is 20.1. The number of aromatic nitrogens is 1. The van der Waals surface area contributed by atoms with E-state index in [2.05, 4.69) is 326 Å². The summed E-state index contributed by atoms with van der Waals surface area (Å²) in [6.07, 6.45) is 3.28. The molecule has 0 amide bonds. The molecular formula is C77H56N2. The Hall–Kier alpha value is -10.3. The SMILES string of the molecule is C=CC=C.c1ccc(-c2cccc(N(c3cccc(-c4ccccc4)c3)c3cccc(-c4ccccc4-c4ccc5c6ccccc6n(-c6ccc7c(c6)C(c6ccccc6)(c6ccccc6)c6ccccc6-7)c5c4)c3)c2)cc1. The molecule has 0 saturated heterocycles. The minimum Gasteiger partial charge on any atom is -0.310 e. The van der Waals surface area contributed by atoms with Gasteiger partial charge in [0.25, 0.3) is 0 Å². The third-order valence-electron chi connectivity index (χ3n) is 15.6. The summed E-state index contributed by atoms with van der Waals surface area (Å²) in [5.41, 5.74) is 23.3. The Morgan fingerprint density at radius 3 is 1.29 bits per heavy atom. The lowest BCUT2D eigenvalue weighted by atomic mass is 9.67. The lowest BCUT2D eigenvalue weighted by Crippen LogP contribution is -2.28. The Bertz CT molecular complexity index is 4210. The number of para-hydroxylation sites is 1. The largest absolute Gasteiger partial charge is 0.310 e. The van der Waals surface area contributed by atoms with Crippen molar-refractivity contribution in [3.63, 3.8) is 0 Å². The van der Waals surface area contributed by atoms with Crippen molar-refractivity contribution in [2.45, 2.75) is 5.41 Å². The average Bonchev–Trinajstić information content (AvgIpc) is 3.05. The Kier molecular flexibility index (Phi) is 12.9. The van der Waals surface area contributed by atoms with E-state index in [0.29, 0.717) is 0 Å². The predicted octanol–water partition coefficient (Wildman–Crippen LogP) is 20.6. The number of anilines is 3. The summed E-state index contributed by atoms with van der Waals surface area (Å²) in [7, 11) is 0. The molecule has 13 aromatic rings. The number of hydrogen-bond acceptors (Lipinski definition) is 1. The number of benzene rings is 12. The van der Waals surface area contributed by atoms with Crippen LogP contribution in [0.5, 0.6) is 0 Å². The fourth-order valence-electron chi connectivity index (χ4n) is 12.1. The van der Waals surface area contributed by atoms with Crippen molar-refractivity contribution in [3.8, 4) is 61.3 Å². The summed E-state index contributed by atoms with van der Waals surface area (Å²) < 4.78 is 2.49. The highest BCUT2D eigenvalue weighted by molar-refractivity contribution is 6.10. The molecule has 0 bridgehead atoms. The molecule has 1 aliphatic carbocycles. The molecular weight excluding hydrogens is 953 g/mol. The zero-order valence-corrected chi connectivity index (χ0v) is 43.8. The van der Waals surface area contributed by atoms with Crippen LogP contribution < -0.4 is 4.90 Å². The van der Waals surface area contributed by atoms with Crippen molar-refractivity contribution in [3.05, 3.63) is 351 Å². The molecule has 0 radical (unpaired) electrons. The predicted molar refractivity (Wildman–Crippen MR) is 335 cm³/mol. The van der Waals surface area contributed by atoms with Gasteiger partial charge in [0.1, 0.15) is 0 Å². The van der Waals surface area contributed by atoms with Gasteiger partial charge in [-0.25, -0.2) is 0 Å². The van der Waals surface area contributed by atoms with Gasteiger partial charge in [-0.05, 0) is 139 Å². The van der Waals surface area contributed by atoms with Gasteiger partial charge in [0.2, 0.25) is 0 Å². The summed E-state index contributed by atoms with van der Waals surface area (Å²) >= 11 is 0. The van der Waals surface area contributed by atoms with Crippen molar-refractivity contribution < 1.29 is 0 Å². The molecule has 0 atom stereocenters. The average molecular weight is 1010 g/mol. The molecule has 12 aromatic carbocycles. The van der Waals surface area contributed by atoms with Crippen LogP contribution in [-0.4, -0.2) is 4.57 Å². The first kappa shape index (κ1) is 48.4. The molecule has 14 rings (SSSR count). The first-order chi connectivity index (χ1) is 39.1. The molecule has 0 fully saturated rings. The third kappa shape index (κ3) is 8.67. The zero-order valence-electron chi connectivity index (χ0n) is 43.8. The van der Waals surface area contributed by atoms with E-state index in [9.17, 15) is 0 Å². The van der Waals surface area contributed by atoms with Crippen LogP contribution in [0.15, 0.2) is 329 Å². The maximum absolute atomic E-state index is 3.36. The topological polar surface area (TPSA) is 8.17 Å². The van der Waals surface area contributed by atoms with Gasteiger partial charge in [-0.3, -0.25) is 0 Å². The molecule has 1 heterocycles. The van der Waals surface area contributed by atoms with Crippen LogP contribution in [0.25, 0.3) is 83.1 Å². The van der Waals surface area contributed by atoms with Crippen LogP contribution in [0, 0.1) is 0 Å². The Labute approximate surface area is 463 Å². The Balaban J connectivity index is 0.00000143. The number of fused-ring (bicyclic) bond motifs is 6. The first-order valence-corrected chi connectivity index (χ1v) is 27.1. The molecule has 0 N–H and O–H groups in total. The van der Waals surface area contributed by atoms with Crippen molar-refractivity contribution in [2.75, 3.05) is 4.90 Å². The number of allylic oxidation sites excluding steroid dienone is 2. The molecule has 0 saturated carbocycles. The first-order valence-electron chi connectivity index (χ1n) is 27.1. The van der Waals surface area contributed by atoms with Crippen LogP contribution in [0.4, 0.5) is 17.1 Å². The van der Waals surface area contributed by atoms with Crippen molar-refractivity contribution >= 4 is 38.9 Å². The van der Waals surface area contributed by atoms with Gasteiger partial charge in [0, 0.05) is 33.5 Å². The van der Waals surface area contributed by atoms with Gasteiger partial charge in [0.05, 0.1) is 16.4 Å². The van der Waals surface area contributed by atoms with Crippen LogP contribution in [0.1, 0.15) is 22.3 Å². The molecule has 374 valence electrons. The number of hydrogen-bond donors (Lipinski definition) is 0. The second-order valence-corrected chi connectivity index (χ2v) is 20.1. The monoisotopic (exact) mass is 1010 g/mol. The summed E-state index contributed by atoms with van der Waals surface area (Å²) in [5, 5.41) is 2.45. The summed E-state index contributed by atoms with van der Waals surface area (Å²) in [6.45, 7) is 6.72. The highest BCUT2D eigenvalue weighted by Gasteiger charge is 2.46. The molecule has 1 aliphatic rings. The van der Waals surface area contributed by atoms with Crippen LogP contribution in [-0.2, 0) is 5.41 Å². The minimum atomic E-state index is -0.507. The molecule has 2 nitrogen and oxygen atoms in total. The number of nitrogens with zero attached hydrogens (tertiary/aromatic N) is 2. The fraction of sp³-hybridized carbons (Fsp3) is 0.0130. The Morgan fingerprint density at radius 2 is 0.722 bits per heavy atom. The summed E-state index contributed by atoms with van der Waals surface area (Å²) in [5.74, 6) is 0. The van der Waals surface area contributed by atoms with Crippen molar-refractivity contribution in [1.29, 1.82) is 0 Å². The van der Waals surface area contributed by atoms with E-state index in [0.717, 1.165) is 33.9 Å². The van der Waals surface area contributed by atoms with E-state index >= 15 is 0 Å². The van der Waals surface area contributed by atoms with Crippen LogP contribution >= 0.6 is 0 Å². The molecule has 0 unspecified atom stereocenters. The Morgan fingerprint density at radius 1 is 0.291 bits per heavy atom. The normalized spacial score (nSPS) is 12.0. The van der Waals surface area contributed by atoms with Gasteiger partial charge >= 0.3 is 0 Å². The molecule has 79 heavy (non-hydrogen) atoms. The quantitative estimate of drug-likeness (QED) is 0.117. The molecule has 0 aliphatic heterocycles. The van der Waals surface area contributed by atoms with E-state index in [1.807, 2.05) is 0 Å². The van der Waals surface area contributed by atoms with E-state index in [4.69, 9.17) is 0 Å². The second kappa shape index (κ2) is 21.0. The van der Waals surface area contributed by atoms with Gasteiger partial charge in [-0.15, -0.1) is 0 Å². The molecule has 0 spiro atoms. The summed E-state index contributed by atoms with van der Waals surface area (Å²) in [6, 6.07) is 111. The van der Waals surface area contributed by atoms with Gasteiger partial charge in [-0.2, -0.15) is 0 Å². The van der Waals surface area contributed by atoms with Crippen LogP contribution in [0.2, 0.25) is 0 Å². The van der Waals surface area contributed by atoms with Gasteiger partial charge in [-0.1, -0.05) is 268 Å². The highest BCUT2D eigenvalue weighted by Crippen LogP contribution is 2.57. The zero-order chi connectivity index (χ0) is 53.1. The minimum absolute atomic E-state index is 0.507. The molecule has 1 aromatic heterocycles. The van der Waals surface area contributed by atoms with E-state index < -0.39 is 5.41 Å². The van der Waals surface area contributed by atoms with Crippen molar-refractivity contribution in [2.24, 2.45) is 0 Å². The van der Waals surface area contributed by atoms with Crippen molar-refractivity contribution in [1.82, 2.24) is 4.57 Å².